The van der Waals surface area contributed by atoms with Gasteiger partial charge < -0.3 is 21.1 Å². The molecule has 0 aliphatic carbocycles. The molecular formula is C26H36N4O5S. The smallest absolute Gasteiger partial charge is 0.408 e. The molecule has 4 N–H and O–H groups in total. The normalized spacial score (nSPS) is 17.7. The van der Waals surface area contributed by atoms with Crippen LogP contribution in [-0.4, -0.2) is 49.9 Å². The first-order chi connectivity index (χ1) is 17.2. The zero-order chi connectivity index (χ0) is 26.1. The molecule has 36 heavy (non-hydrogen) atoms. The van der Waals surface area contributed by atoms with Crippen molar-refractivity contribution in [1.82, 2.24) is 14.9 Å². The van der Waals surface area contributed by atoms with E-state index in [0.717, 1.165) is 5.56 Å². The number of nitrogens with zero attached hydrogens (tertiary/aromatic N) is 1. The summed E-state index contributed by atoms with van der Waals surface area (Å²) in [5, 5.41) is 5.70. The first-order valence-corrected chi connectivity index (χ1v) is 13.7. The van der Waals surface area contributed by atoms with Crippen molar-refractivity contribution in [3.8, 4) is 0 Å². The summed E-state index contributed by atoms with van der Waals surface area (Å²) in [7, 11) is -3.72. The van der Waals surface area contributed by atoms with Gasteiger partial charge in [-0.25, -0.2) is 13.2 Å². The first-order valence-electron chi connectivity index (χ1n) is 12.3. The lowest BCUT2D eigenvalue weighted by Gasteiger charge is -2.24. The molecule has 0 saturated carbocycles. The molecule has 3 rings (SSSR count). The largest absolute Gasteiger partial charge is 0.445 e. The van der Waals surface area contributed by atoms with E-state index in [1.54, 1.807) is 18.2 Å². The summed E-state index contributed by atoms with van der Waals surface area (Å²) in [5.41, 5.74) is 6.98. The highest BCUT2D eigenvalue weighted by Crippen LogP contribution is 2.24. The summed E-state index contributed by atoms with van der Waals surface area (Å²) >= 11 is 0. The Balaban J connectivity index is 1.57. The van der Waals surface area contributed by atoms with Crippen LogP contribution in [0.3, 0.4) is 0 Å². The third-order valence-electron chi connectivity index (χ3n) is 6.10. The monoisotopic (exact) mass is 516 g/mol. The molecule has 2 amide bonds. The molecule has 2 atom stereocenters. The van der Waals surface area contributed by atoms with Crippen LogP contribution in [0.5, 0.6) is 0 Å². The highest BCUT2D eigenvalue weighted by molar-refractivity contribution is 7.89. The third kappa shape index (κ3) is 7.69. The van der Waals surface area contributed by atoms with Crippen LogP contribution in [-0.2, 0) is 26.2 Å². The SMILES string of the molecule is CC(C)C[C@H](NC(=O)OCc1ccccc1)C(=O)NC1CCCN(S(=O)(=O)c2ccccc2N)CC1. The van der Waals surface area contributed by atoms with E-state index in [0.29, 0.717) is 32.2 Å². The molecule has 10 heteroatoms. The molecule has 196 valence electrons. The van der Waals surface area contributed by atoms with Crippen molar-refractivity contribution in [1.29, 1.82) is 0 Å². The highest BCUT2D eigenvalue weighted by atomic mass is 32.2. The molecule has 1 saturated heterocycles. The Hall–Kier alpha value is -3.11. The van der Waals surface area contributed by atoms with Crippen molar-refractivity contribution < 1.29 is 22.7 Å². The predicted molar refractivity (Wildman–Crippen MR) is 138 cm³/mol. The van der Waals surface area contributed by atoms with Crippen LogP contribution in [0.25, 0.3) is 0 Å². The van der Waals surface area contributed by atoms with E-state index in [2.05, 4.69) is 10.6 Å². The van der Waals surface area contributed by atoms with Crippen LogP contribution in [0.15, 0.2) is 59.5 Å². The standard InChI is InChI=1S/C26H36N4O5S/c1-19(2)17-23(29-26(32)35-18-20-9-4-3-5-10-20)25(31)28-21-11-8-15-30(16-14-21)36(33,34)24-13-7-6-12-22(24)27/h3-7,9-10,12-13,19,21,23H,8,11,14-18,27H2,1-2H3,(H,28,31)(H,29,32)/t21?,23-/m0/s1. The van der Waals surface area contributed by atoms with Gasteiger partial charge in [0.05, 0.1) is 5.69 Å². The molecule has 1 unspecified atom stereocenters. The second-order valence-electron chi connectivity index (χ2n) is 9.47. The van der Waals surface area contributed by atoms with E-state index in [9.17, 15) is 18.0 Å². The lowest BCUT2D eigenvalue weighted by atomic mass is 10.0. The number of amides is 2. The van der Waals surface area contributed by atoms with E-state index in [1.165, 1.54) is 10.4 Å². The first kappa shape index (κ1) is 27.5. The fraction of sp³-hybridized carbons (Fsp3) is 0.462. The summed E-state index contributed by atoms with van der Waals surface area (Å²) < 4.78 is 32.9. The Kier molecular flexibility index (Phi) is 9.72. The molecule has 2 aromatic carbocycles. The molecule has 2 aromatic rings. The molecule has 1 heterocycles. The minimum absolute atomic E-state index is 0.0997. The van der Waals surface area contributed by atoms with E-state index in [-0.39, 0.29) is 41.6 Å². The number of hydrogen-bond acceptors (Lipinski definition) is 6. The van der Waals surface area contributed by atoms with Crippen LogP contribution in [0.1, 0.15) is 45.1 Å². The number of para-hydroxylation sites is 1. The lowest BCUT2D eigenvalue weighted by Crippen LogP contribution is -2.50. The predicted octanol–water partition coefficient (Wildman–Crippen LogP) is 3.27. The summed E-state index contributed by atoms with van der Waals surface area (Å²) in [6, 6.07) is 14.8. The molecule has 9 nitrogen and oxygen atoms in total. The van der Waals surface area contributed by atoms with E-state index in [1.807, 2.05) is 44.2 Å². The Morgan fingerprint density at radius 2 is 1.75 bits per heavy atom. The van der Waals surface area contributed by atoms with Gasteiger partial charge in [-0.3, -0.25) is 4.79 Å². The second kappa shape index (κ2) is 12.7. The molecule has 0 spiro atoms. The minimum Gasteiger partial charge on any atom is -0.445 e. The fourth-order valence-electron chi connectivity index (χ4n) is 4.22. The Morgan fingerprint density at radius 1 is 1.06 bits per heavy atom. The van der Waals surface area contributed by atoms with Gasteiger partial charge in [0.1, 0.15) is 17.5 Å². The van der Waals surface area contributed by atoms with Crippen molar-refractivity contribution >= 4 is 27.7 Å². The molecular weight excluding hydrogens is 480 g/mol. The number of benzene rings is 2. The van der Waals surface area contributed by atoms with Crippen molar-refractivity contribution in [2.24, 2.45) is 5.92 Å². The van der Waals surface area contributed by atoms with E-state index >= 15 is 0 Å². The maximum Gasteiger partial charge on any atom is 0.408 e. The number of alkyl carbamates (subject to hydrolysis) is 1. The number of ether oxygens (including phenoxy) is 1. The summed E-state index contributed by atoms with van der Waals surface area (Å²) in [5.74, 6) is -0.129. The van der Waals surface area contributed by atoms with Gasteiger partial charge in [0.25, 0.3) is 0 Å². The number of rotatable bonds is 9. The Bertz CT molecular complexity index is 1120. The zero-order valence-corrected chi connectivity index (χ0v) is 21.7. The van der Waals surface area contributed by atoms with Crippen LogP contribution >= 0.6 is 0 Å². The number of carbonyl (C=O) groups is 2. The average molecular weight is 517 g/mol. The zero-order valence-electron chi connectivity index (χ0n) is 20.9. The summed E-state index contributed by atoms with van der Waals surface area (Å²) in [4.78, 5) is 25.6. The van der Waals surface area contributed by atoms with Gasteiger partial charge in [-0.2, -0.15) is 4.31 Å². The molecule has 0 bridgehead atoms. The third-order valence-corrected chi connectivity index (χ3v) is 8.07. The van der Waals surface area contributed by atoms with Crippen LogP contribution < -0.4 is 16.4 Å². The quantitative estimate of drug-likeness (QED) is 0.439. The number of hydrogen-bond donors (Lipinski definition) is 3. The van der Waals surface area contributed by atoms with E-state index in [4.69, 9.17) is 10.5 Å². The van der Waals surface area contributed by atoms with Crippen LogP contribution in [0, 0.1) is 5.92 Å². The molecule has 0 aromatic heterocycles. The van der Waals surface area contributed by atoms with Gasteiger partial charge >= 0.3 is 6.09 Å². The molecule has 0 radical (unpaired) electrons. The van der Waals surface area contributed by atoms with Gasteiger partial charge in [-0.1, -0.05) is 56.3 Å². The minimum atomic E-state index is -3.72. The number of nitrogens with two attached hydrogens (primary N) is 1. The fourth-order valence-corrected chi connectivity index (χ4v) is 5.83. The van der Waals surface area contributed by atoms with Crippen LogP contribution in [0.2, 0.25) is 0 Å². The highest BCUT2D eigenvalue weighted by Gasteiger charge is 2.31. The number of nitrogen functional groups attached to an aromatic ring is 1. The summed E-state index contributed by atoms with van der Waals surface area (Å²) in [6.07, 6.45) is 1.49. The van der Waals surface area contributed by atoms with Crippen molar-refractivity contribution in [3.05, 3.63) is 60.2 Å². The van der Waals surface area contributed by atoms with Gasteiger partial charge in [-0.15, -0.1) is 0 Å². The second-order valence-corrected chi connectivity index (χ2v) is 11.4. The van der Waals surface area contributed by atoms with Crippen molar-refractivity contribution in [2.75, 3.05) is 18.8 Å². The Labute approximate surface area is 213 Å². The van der Waals surface area contributed by atoms with Crippen molar-refractivity contribution in [2.45, 2.75) is 63.1 Å². The van der Waals surface area contributed by atoms with Gasteiger partial charge in [0.15, 0.2) is 0 Å². The van der Waals surface area contributed by atoms with E-state index < -0.39 is 22.2 Å². The Morgan fingerprint density at radius 3 is 2.44 bits per heavy atom. The average Bonchev–Trinajstić information content (AvgIpc) is 3.09. The maximum atomic E-state index is 13.1. The topological polar surface area (TPSA) is 131 Å². The molecule has 1 aliphatic heterocycles. The lowest BCUT2D eigenvalue weighted by molar-refractivity contribution is -0.124. The van der Waals surface area contributed by atoms with Crippen LogP contribution in [0.4, 0.5) is 10.5 Å². The number of nitrogens with one attached hydrogen (secondary N) is 2. The molecule has 1 aliphatic rings. The van der Waals surface area contributed by atoms with Gasteiger partial charge in [0.2, 0.25) is 15.9 Å². The number of anilines is 1. The maximum absolute atomic E-state index is 13.1. The number of carbonyl (C=O) groups excluding carboxylic acids is 2. The number of sulfonamides is 1. The van der Waals surface area contributed by atoms with Gasteiger partial charge in [-0.05, 0) is 49.3 Å². The summed E-state index contributed by atoms with van der Waals surface area (Å²) in [6.45, 7) is 4.68. The van der Waals surface area contributed by atoms with Gasteiger partial charge in [0, 0.05) is 19.1 Å². The molecule has 1 fully saturated rings. The van der Waals surface area contributed by atoms with Crippen molar-refractivity contribution in [3.63, 3.8) is 0 Å².